The maximum absolute atomic E-state index is 13.9. The molecule has 0 spiro atoms. The number of nitrogens with zero attached hydrogens (tertiary/aromatic N) is 2. The largest absolute Gasteiger partial charge is 0.416 e. The van der Waals surface area contributed by atoms with Crippen LogP contribution in [0.3, 0.4) is 0 Å². The summed E-state index contributed by atoms with van der Waals surface area (Å²) < 4.78 is 59.9. The van der Waals surface area contributed by atoms with Gasteiger partial charge in [-0.2, -0.15) is 13.2 Å². The monoisotopic (exact) mass is 528 g/mol. The number of amidine groups is 1. The molecule has 37 heavy (non-hydrogen) atoms. The van der Waals surface area contributed by atoms with Gasteiger partial charge < -0.3 is 0 Å². The van der Waals surface area contributed by atoms with E-state index in [2.05, 4.69) is 0 Å². The van der Waals surface area contributed by atoms with Gasteiger partial charge in [0, 0.05) is 16.7 Å². The van der Waals surface area contributed by atoms with Gasteiger partial charge in [0.25, 0.3) is 5.72 Å². The molecule has 9 heteroatoms. The molecule has 0 aromatic heterocycles. The lowest BCUT2D eigenvalue weighted by Crippen LogP contribution is -2.45. The highest BCUT2D eigenvalue weighted by molar-refractivity contribution is 6.73. The summed E-state index contributed by atoms with van der Waals surface area (Å²) in [5, 5.41) is -0.215. The molecular weight excluding hydrogens is 500 g/mol. The molecule has 3 aromatic carbocycles. The predicted molar refractivity (Wildman–Crippen MR) is 138 cm³/mol. The van der Waals surface area contributed by atoms with Gasteiger partial charge in [-0.3, -0.25) is 4.58 Å². The number of benzene rings is 3. The Hall–Kier alpha value is -3.14. The van der Waals surface area contributed by atoms with Gasteiger partial charge in [-0.05, 0) is 42.4 Å². The maximum Gasteiger partial charge on any atom is 0.416 e. The number of halogens is 4. The van der Waals surface area contributed by atoms with Gasteiger partial charge in [0.2, 0.25) is 8.32 Å². The zero-order valence-electron chi connectivity index (χ0n) is 21.2. The Bertz CT molecular complexity index is 1310. The van der Waals surface area contributed by atoms with Gasteiger partial charge in [0.1, 0.15) is 11.5 Å². The third kappa shape index (κ3) is 5.44. The van der Waals surface area contributed by atoms with Gasteiger partial charge in [-0.25, -0.2) is 19.3 Å². The maximum atomic E-state index is 13.9. The van der Waals surface area contributed by atoms with E-state index in [1.807, 2.05) is 64.2 Å². The zero-order chi connectivity index (χ0) is 27.1. The number of alkyl halides is 3. The molecule has 194 valence electrons. The minimum atomic E-state index is -4.49. The first-order valence-electron chi connectivity index (χ1n) is 11.8. The lowest BCUT2D eigenvalue weighted by atomic mass is 9.93. The van der Waals surface area contributed by atoms with E-state index in [0.717, 1.165) is 12.1 Å². The first-order chi connectivity index (χ1) is 17.2. The van der Waals surface area contributed by atoms with E-state index in [-0.39, 0.29) is 10.7 Å². The van der Waals surface area contributed by atoms with Gasteiger partial charge in [-0.1, -0.05) is 75.4 Å². The van der Waals surface area contributed by atoms with Crippen molar-refractivity contribution in [2.24, 2.45) is 9.98 Å². The number of rotatable bonds is 6. The standard InChI is InChI=1S/C28H28F4N2O2Si/c1-26(2,3)37(4,5)36-35-27(21-15-17-23(29)18-16-21)24(19-11-13-22(14-12-19)28(30,31)32)33-25(34-27)20-9-7-6-8-10-20/h6-18H,1-5H3. The fourth-order valence-electron chi connectivity index (χ4n) is 3.48. The summed E-state index contributed by atoms with van der Waals surface area (Å²) >= 11 is 0. The van der Waals surface area contributed by atoms with E-state index in [9.17, 15) is 17.6 Å². The Morgan fingerprint density at radius 1 is 0.784 bits per heavy atom. The first kappa shape index (κ1) is 26.9. The Kier molecular flexibility index (Phi) is 7.00. The van der Waals surface area contributed by atoms with Crippen LogP contribution in [0.5, 0.6) is 0 Å². The Labute approximate surface area is 214 Å². The van der Waals surface area contributed by atoms with Crippen LogP contribution in [0.25, 0.3) is 0 Å². The molecule has 1 aliphatic rings. The summed E-state index contributed by atoms with van der Waals surface area (Å²) in [6.07, 6.45) is -4.49. The van der Waals surface area contributed by atoms with Crippen molar-refractivity contribution in [2.45, 2.75) is 50.8 Å². The molecule has 4 nitrogen and oxygen atoms in total. The average Bonchev–Trinajstić information content (AvgIpc) is 3.24. The van der Waals surface area contributed by atoms with E-state index in [4.69, 9.17) is 19.4 Å². The number of hydrogen-bond donors (Lipinski definition) is 0. The summed E-state index contributed by atoms with van der Waals surface area (Å²) in [4.78, 5) is 15.8. The van der Waals surface area contributed by atoms with Crippen molar-refractivity contribution in [3.63, 3.8) is 0 Å². The van der Waals surface area contributed by atoms with Crippen LogP contribution < -0.4 is 0 Å². The first-order valence-corrected chi connectivity index (χ1v) is 14.7. The van der Waals surface area contributed by atoms with Crippen molar-refractivity contribution in [3.05, 3.63) is 107 Å². The van der Waals surface area contributed by atoms with Crippen molar-refractivity contribution in [2.75, 3.05) is 0 Å². The molecule has 1 unspecified atom stereocenters. The quantitative estimate of drug-likeness (QED) is 0.141. The molecule has 0 bridgehead atoms. The molecule has 0 radical (unpaired) electrons. The van der Waals surface area contributed by atoms with Gasteiger partial charge in [-0.15, -0.1) is 0 Å². The van der Waals surface area contributed by atoms with Crippen molar-refractivity contribution in [1.29, 1.82) is 0 Å². The third-order valence-corrected chi connectivity index (χ3v) is 10.8. The molecule has 0 fully saturated rings. The van der Waals surface area contributed by atoms with E-state index in [1.165, 1.54) is 36.4 Å². The van der Waals surface area contributed by atoms with Crippen LogP contribution in [0.4, 0.5) is 17.6 Å². The second-order valence-electron chi connectivity index (χ2n) is 10.4. The minimum absolute atomic E-state index is 0.215. The number of hydrogen-bond acceptors (Lipinski definition) is 4. The predicted octanol–water partition coefficient (Wildman–Crippen LogP) is 7.90. The molecule has 0 saturated heterocycles. The molecule has 0 N–H and O–H groups in total. The molecule has 1 aliphatic heterocycles. The second kappa shape index (κ2) is 9.63. The van der Waals surface area contributed by atoms with E-state index >= 15 is 0 Å². The molecule has 3 aromatic rings. The smallest absolute Gasteiger partial charge is 0.283 e. The minimum Gasteiger partial charge on any atom is -0.283 e. The third-order valence-electron chi connectivity index (χ3n) is 6.73. The SMILES string of the molecule is CC(C)(C)[Si](C)(C)OOC1(c2ccc(F)cc2)N=C(c2ccccc2)N=C1c1ccc(C(F)(F)F)cc1. The Morgan fingerprint density at radius 2 is 1.38 bits per heavy atom. The summed E-state index contributed by atoms with van der Waals surface area (Å²) in [5.41, 5.74) is -0.737. The number of aliphatic imine (C=N–C) groups is 2. The molecule has 0 amide bonds. The molecule has 0 aliphatic carbocycles. The molecule has 1 heterocycles. The zero-order valence-corrected chi connectivity index (χ0v) is 22.2. The van der Waals surface area contributed by atoms with Crippen LogP contribution in [0, 0.1) is 5.82 Å². The normalized spacial score (nSPS) is 18.5. The van der Waals surface area contributed by atoms with Gasteiger partial charge >= 0.3 is 6.18 Å². The van der Waals surface area contributed by atoms with E-state index in [1.54, 1.807) is 0 Å². The molecule has 1 atom stereocenters. The fraction of sp³-hybridized carbons (Fsp3) is 0.286. The molecule has 4 rings (SSSR count). The van der Waals surface area contributed by atoms with Crippen molar-refractivity contribution in [3.8, 4) is 0 Å². The van der Waals surface area contributed by atoms with E-state index < -0.39 is 31.6 Å². The molecule has 0 saturated carbocycles. The topological polar surface area (TPSA) is 43.2 Å². The molecular formula is C28H28F4N2O2Si. The van der Waals surface area contributed by atoms with Crippen LogP contribution >= 0.6 is 0 Å². The summed E-state index contributed by atoms with van der Waals surface area (Å²) in [7, 11) is -2.50. The van der Waals surface area contributed by atoms with Crippen LogP contribution in [-0.4, -0.2) is 19.9 Å². The van der Waals surface area contributed by atoms with E-state index in [0.29, 0.717) is 22.5 Å². The van der Waals surface area contributed by atoms with Crippen molar-refractivity contribution < 1.29 is 27.0 Å². The highest BCUT2D eigenvalue weighted by Crippen LogP contribution is 2.43. The fourth-order valence-corrected chi connectivity index (χ4v) is 4.05. The summed E-state index contributed by atoms with van der Waals surface area (Å²) in [6.45, 7) is 10.1. The van der Waals surface area contributed by atoms with Crippen LogP contribution in [0.15, 0.2) is 88.8 Å². The van der Waals surface area contributed by atoms with Gasteiger partial charge in [0.05, 0.1) is 5.56 Å². The highest BCUT2D eigenvalue weighted by atomic mass is 28.4. The Morgan fingerprint density at radius 3 is 1.92 bits per heavy atom. The van der Waals surface area contributed by atoms with Crippen LogP contribution in [0.1, 0.15) is 43.0 Å². The van der Waals surface area contributed by atoms with Crippen molar-refractivity contribution >= 4 is 19.9 Å². The van der Waals surface area contributed by atoms with Crippen molar-refractivity contribution in [1.82, 2.24) is 0 Å². The average molecular weight is 529 g/mol. The lowest BCUT2D eigenvalue weighted by molar-refractivity contribution is -0.282. The second-order valence-corrected chi connectivity index (χ2v) is 15.1. The summed E-state index contributed by atoms with van der Waals surface area (Å²) in [5.74, 6) is -0.138. The lowest BCUT2D eigenvalue weighted by Gasteiger charge is -2.38. The van der Waals surface area contributed by atoms with Gasteiger partial charge in [0.15, 0.2) is 5.84 Å². The van der Waals surface area contributed by atoms with Crippen LogP contribution in [-0.2, 0) is 21.4 Å². The summed E-state index contributed by atoms with van der Waals surface area (Å²) in [6, 6.07) is 19.4. The van der Waals surface area contributed by atoms with Crippen LogP contribution in [0.2, 0.25) is 18.1 Å². The highest BCUT2D eigenvalue weighted by Gasteiger charge is 2.49. The Balaban J connectivity index is 1.91.